The highest BCUT2D eigenvalue weighted by atomic mass is 79.9. The summed E-state index contributed by atoms with van der Waals surface area (Å²) in [4.78, 5) is 36.0. The molecule has 0 bridgehead atoms. The molecule has 0 radical (unpaired) electrons. The van der Waals surface area contributed by atoms with E-state index in [9.17, 15) is 19.5 Å². The highest BCUT2D eigenvalue weighted by molar-refractivity contribution is 9.10. The molecule has 27 heavy (non-hydrogen) atoms. The lowest BCUT2D eigenvalue weighted by Crippen LogP contribution is -2.28. The van der Waals surface area contributed by atoms with Crippen LogP contribution in [0.4, 0.5) is 5.82 Å². The number of nitrogens with one attached hydrogen (secondary N) is 4. The molecule has 0 atom stereocenters. The smallest absolute Gasteiger partial charge is 0.342 e. The minimum Gasteiger partial charge on any atom is -0.503 e. The number of hydrogen-bond acceptors (Lipinski definition) is 8. The summed E-state index contributed by atoms with van der Waals surface area (Å²) < 4.78 is 5.74. The first-order chi connectivity index (χ1) is 12.9. The number of rotatable bonds is 8. The van der Waals surface area contributed by atoms with Crippen LogP contribution in [-0.4, -0.2) is 45.6 Å². The van der Waals surface area contributed by atoms with Gasteiger partial charge in [0.05, 0.1) is 17.3 Å². The van der Waals surface area contributed by atoms with Gasteiger partial charge < -0.3 is 15.2 Å². The number of aromatic nitrogens is 3. The second-order valence-corrected chi connectivity index (χ2v) is 5.96. The molecular formula is C15H17BrN6O5. The highest BCUT2D eigenvalue weighted by Gasteiger charge is 2.08. The van der Waals surface area contributed by atoms with E-state index in [0.29, 0.717) is 22.4 Å². The number of anilines is 1. The number of hydrogen-bond donors (Lipinski definition) is 5. The summed E-state index contributed by atoms with van der Waals surface area (Å²) in [7, 11) is 0. The van der Waals surface area contributed by atoms with Gasteiger partial charge in [-0.3, -0.25) is 14.6 Å². The van der Waals surface area contributed by atoms with Crippen LogP contribution < -0.4 is 26.7 Å². The van der Waals surface area contributed by atoms with E-state index >= 15 is 0 Å². The number of carbonyl (C=O) groups excluding carboxylic acids is 1. The zero-order valence-electron chi connectivity index (χ0n) is 14.2. The molecule has 1 heterocycles. The van der Waals surface area contributed by atoms with Gasteiger partial charge >= 0.3 is 5.69 Å². The molecule has 0 aliphatic carbocycles. The molecule has 1 amide bonds. The number of aromatic hydroxyl groups is 1. The standard InChI is InChI=1S/C15H17BrN6O5/c1-2-27-10-6-8(5-9(16)12(10)24)7-18-20-11(23)3-4-17-13-14(25)19-15(26)22-21-13/h5-7,24H,2-4H2,1H3,(H,17,21)(H,20,23)(H2,19,22,25,26)/b18-7+. The van der Waals surface area contributed by atoms with Crippen LogP contribution in [0.1, 0.15) is 18.9 Å². The van der Waals surface area contributed by atoms with Gasteiger partial charge in [-0.15, -0.1) is 5.10 Å². The number of amides is 1. The minimum atomic E-state index is -0.717. The van der Waals surface area contributed by atoms with Crippen LogP contribution in [-0.2, 0) is 4.79 Å². The lowest BCUT2D eigenvalue weighted by Gasteiger charge is -2.08. The summed E-state index contributed by atoms with van der Waals surface area (Å²) in [5.41, 5.74) is 1.54. The molecular weight excluding hydrogens is 424 g/mol. The SMILES string of the molecule is CCOc1cc(/C=N/NC(=O)CCNc2n[nH]c(=O)[nH]c2=O)cc(Br)c1O. The number of benzene rings is 1. The van der Waals surface area contributed by atoms with Crippen molar-refractivity contribution < 1.29 is 14.6 Å². The van der Waals surface area contributed by atoms with E-state index < -0.39 is 17.2 Å². The number of halogens is 1. The number of carbonyl (C=O) groups is 1. The quantitative estimate of drug-likeness (QED) is 0.290. The Kier molecular flexibility index (Phi) is 7.11. The van der Waals surface area contributed by atoms with E-state index in [4.69, 9.17) is 4.74 Å². The van der Waals surface area contributed by atoms with Gasteiger partial charge in [-0.1, -0.05) is 0 Å². The predicted octanol–water partition coefficient (Wildman–Crippen LogP) is 0.277. The molecule has 11 nitrogen and oxygen atoms in total. The lowest BCUT2D eigenvalue weighted by molar-refractivity contribution is -0.120. The molecule has 0 aliphatic heterocycles. The summed E-state index contributed by atoms with van der Waals surface area (Å²) in [6, 6.07) is 3.19. The molecule has 144 valence electrons. The number of phenolic OH excluding ortho intramolecular Hbond substituents is 1. The first-order valence-electron chi connectivity index (χ1n) is 7.80. The van der Waals surface area contributed by atoms with Gasteiger partial charge in [-0.05, 0) is 40.5 Å². The van der Waals surface area contributed by atoms with Gasteiger partial charge in [0.2, 0.25) is 11.7 Å². The van der Waals surface area contributed by atoms with Crippen molar-refractivity contribution in [2.75, 3.05) is 18.5 Å². The van der Waals surface area contributed by atoms with Gasteiger partial charge in [-0.25, -0.2) is 15.3 Å². The van der Waals surface area contributed by atoms with Crippen LogP contribution in [0.2, 0.25) is 0 Å². The van der Waals surface area contributed by atoms with E-state index in [1.807, 2.05) is 4.98 Å². The number of phenols is 1. The Bertz CT molecular complexity index is 954. The van der Waals surface area contributed by atoms with E-state index in [2.05, 4.69) is 42.0 Å². The molecule has 1 aromatic carbocycles. The van der Waals surface area contributed by atoms with Gasteiger partial charge in [0.15, 0.2) is 11.5 Å². The molecule has 0 saturated carbocycles. The molecule has 5 N–H and O–H groups in total. The summed E-state index contributed by atoms with van der Waals surface area (Å²) in [6.07, 6.45) is 1.41. The molecule has 12 heteroatoms. The molecule has 0 fully saturated rings. The molecule has 1 aromatic heterocycles. The fourth-order valence-electron chi connectivity index (χ4n) is 1.93. The Balaban J connectivity index is 1.86. The molecule has 0 unspecified atom stereocenters. The topological polar surface area (TPSA) is 162 Å². The Morgan fingerprint density at radius 2 is 2.22 bits per heavy atom. The maximum absolute atomic E-state index is 11.8. The predicted molar refractivity (Wildman–Crippen MR) is 101 cm³/mol. The Morgan fingerprint density at radius 1 is 1.44 bits per heavy atom. The Labute approximate surface area is 161 Å². The van der Waals surface area contributed by atoms with E-state index in [1.54, 1.807) is 19.1 Å². The molecule has 2 rings (SSSR count). The third-order valence-corrected chi connectivity index (χ3v) is 3.71. The summed E-state index contributed by atoms with van der Waals surface area (Å²) >= 11 is 3.21. The molecule has 2 aromatic rings. The molecule has 0 aliphatic rings. The van der Waals surface area contributed by atoms with Crippen LogP contribution in [0.25, 0.3) is 0 Å². The normalized spacial score (nSPS) is 10.7. The third-order valence-electron chi connectivity index (χ3n) is 3.11. The second-order valence-electron chi connectivity index (χ2n) is 5.11. The van der Waals surface area contributed by atoms with Crippen molar-refractivity contribution in [3.05, 3.63) is 43.0 Å². The largest absolute Gasteiger partial charge is 0.503 e. The van der Waals surface area contributed by atoms with Gasteiger partial charge in [0, 0.05) is 13.0 Å². The summed E-state index contributed by atoms with van der Waals surface area (Å²) in [5.74, 6) is -0.219. The number of H-pyrrole nitrogens is 2. The first kappa shape index (κ1) is 20.2. The zero-order chi connectivity index (χ0) is 19.8. The summed E-state index contributed by atoms with van der Waals surface area (Å²) in [5, 5.41) is 21.9. The lowest BCUT2D eigenvalue weighted by atomic mass is 10.2. The number of hydrazone groups is 1. The van der Waals surface area contributed by atoms with E-state index in [1.165, 1.54) is 6.21 Å². The van der Waals surface area contributed by atoms with Crippen LogP contribution in [0.5, 0.6) is 11.5 Å². The van der Waals surface area contributed by atoms with Crippen molar-refractivity contribution in [2.45, 2.75) is 13.3 Å². The van der Waals surface area contributed by atoms with Crippen LogP contribution in [0.3, 0.4) is 0 Å². The minimum absolute atomic E-state index is 0.0149. The fourth-order valence-corrected chi connectivity index (χ4v) is 2.39. The van der Waals surface area contributed by atoms with Crippen molar-refractivity contribution in [3.63, 3.8) is 0 Å². The average molecular weight is 441 g/mol. The number of aromatic amines is 2. The Morgan fingerprint density at radius 3 is 2.93 bits per heavy atom. The highest BCUT2D eigenvalue weighted by Crippen LogP contribution is 2.34. The first-order valence-corrected chi connectivity index (χ1v) is 8.60. The van der Waals surface area contributed by atoms with Crippen LogP contribution in [0.15, 0.2) is 31.3 Å². The third kappa shape index (κ3) is 5.95. The fraction of sp³-hybridized carbons (Fsp3) is 0.267. The van der Waals surface area contributed by atoms with Crippen molar-refractivity contribution in [3.8, 4) is 11.5 Å². The van der Waals surface area contributed by atoms with Crippen LogP contribution >= 0.6 is 15.9 Å². The average Bonchev–Trinajstić information content (AvgIpc) is 2.61. The van der Waals surface area contributed by atoms with Gasteiger partial charge in [0.1, 0.15) is 0 Å². The van der Waals surface area contributed by atoms with Crippen molar-refractivity contribution >= 4 is 33.9 Å². The van der Waals surface area contributed by atoms with E-state index in [-0.39, 0.29) is 24.5 Å². The van der Waals surface area contributed by atoms with Crippen molar-refractivity contribution in [1.82, 2.24) is 20.6 Å². The van der Waals surface area contributed by atoms with E-state index in [0.717, 1.165) is 0 Å². The molecule has 0 spiro atoms. The van der Waals surface area contributed by atoms with Crippen molar-refractivity contribution in [2.24, 2.45) is 5.10 Å². The second kappa shape index (κ2) is 9.52. The van der Waals surface area contributed by atoms with Crippen molar-refractivity contribution in [1.29, 1.82) is 0 Å². The zero-order valence-corrected chi connectivity index (χ0v) is 15.8. The summed E-state index contributed by atoms with van der Waals surface area (Å²) in [6.45, 7) is 2.29. The maximum atomic E-state index is 11.8. The van der Waals surface area contributed by atoms with Gasteiger partial charge in [0.25, 0.3) is 5.56 Å². The van der Waals surface area contributed by atoms with Gasteiger partial charge in [-0.2, -0.15) is 5.10 Å². The monoisotopic (exact) mass is 440 g/mol. The maximum Gasteiger partial charge on any atom is 0.342 e. The molecule has 0 saturated heterocycles. The Hall–Kier alpha value is -3.15. The number of ether oxygens (including phenoxy) is 1. The number of nitrogens with zero attached hydrogens (tertiary/aromatic N) is 2. The van der Waals surface area contributed by atoms with Crippen LogP contribution in [0, 0.1) is 0 Å².